The van der Waals surface area contributed by atoms with Gasteiger partial charge in [0.05, 0.1) is 0 Å². The Morgan fingerprint density at radius 1 is 1.40 bits per heavy atom. The van der Waals surface area contributed by atoms with Gasteiger partial charge >= 0.3 is 5.97 Å². The molecule has 0 spiro atoms. The molecule has 0 saturated heterocycles. The van der Waals surface area contributed by atoms with Crippen molar-refractivity contribution < 1.29 is 14.3 Å². The monoisotopic (exact) mass is 342 g/mol. The van der Waals surface area contributed by atoms with Gasteiger partial charge in [0.1, 0.15) is 5.69 Å². The number of ether oxygens (including phenoxy) is 1. The molecule has 1 aliphatic rings. The Morgan fingerprint density at radius 3 is 2.70 bits per heavy atom. The minimum atomic E-state index is -0.786. The summed E-state index contributed by atoms with van der Waals surface area (Å²) in [6.45, 7) is 1.59. The van der Waals surface area contributed by atoms with Gasteiger partial charge in [-0.15, -0.1) is 0 Å². The normalized spacial score (nSPS) is 17.5. The minimum Gasteiger partial charge on any atom is -0.448 e. The van der Waals surface area contributed by atoms with Crippen LogP contribution in [0.25, 0.3) is 0 Å². The molecule has 2 N–H and O–H groups in total. The number of rotatable bonds is 4. The van der Waals surface area contributed by atoms with Crippen LogP contribution in [-0.4, -0.2) is 29.0 Å². The van der Waals surface area contributed by atoms with Crippen molar-refractivity contribution >= 4 is 27.8 Å². The van der Waals surface area contributed by atoms with Gasteiger partial charge in [0.2, 0.25) is 0 Å². The van der Waals surface area contributed by atoms with Gasteiger partial charge < -0.3 is 15.0 Å². The summed E-state index contributed by atoms with van der Waals surface area (Å²) in [5.74, 6) is -0.752. The van der Waals surface area contributed by atoms with Crippen molar-refractivity contribution in [1.82, 2.24) is 10.3 Å². The fourth-order valence-electron chi connectivity index (χ4n) is 2.33. The Balaban J connectivity index is 1.82. The highest BCUT2D eigenvalue weighted by molar-refractivity contribution is 9.10. The maximum absolute atomic E-state index is 12.0. The molecular formula is C14H19BrN2O3. The van der Waals surface area contributed by atoms with Crippen molar-refractivity contribution in [3.8, 4) is 0 Å². The maximum atomic E-state index is 12.0. The fourth-order valence-corrected chi connectivity index (χ4v) is 2.67. The summed E-state index contributed by atoms with van der Waals surface area (Å²) >= 11 is 3.24. The van der Waals surface area contributed by atoms with Crippen LogP contribution in [-0.2, 0) is 9.53 Å². The molecule has 110 valence electrons. The molecule has 1 aromatic rings. The second-order valence-corrected chi connectivity index (χ2v) is 6.04. The Morgan fingerprint density at radius 2 is 2.10 bits per heavy atom. The SMILES string of the molecule is CC(OC(=O)c1cc(Br)c[nH]1)C(=O)NC1CCCCC1. The van der Waals surface area contributed by atoms with Gasteiger partial charge in [0.15, 0.2) is 6.10 Å². The number of carbonyl (C=O) groups is 2. The molecule has 0 radical (unpaired) electrons. The number of hydrogen-bond donors (Lipinski definition) is 2. The zero-order chi connectivity index (χ0) is 14.5. The summed E-state index contributed by atoms with van der Waals surface area (Å²) in [7, 11) is 0. The number of amides is 1. The minimum absolute atomic E-state index is 0.219. The fraction of sp³-hybridized carbons (Fsp3) is 0.571. The smallest absolute Gasteiger partial charge is 0.355 e. The van der Waals surface area contributed by atoms with Gasteiger partial charge in [-0.2, -0.15) is 0 Å². The number of hydrogen-bond acceptors (Lipinski definition) is 3. The third-order valence-corrected chi connectivity index (χ3v) is 3.93. The summed E-state index contributed by atoms with van der Waals surface area (Å²) in [5.41, 5.74) is 0.328. The van der Waals surface area contributed by atoms with E-state index in [1.165, 1.54) is 6.42 Å². The summed E-state index contributed by atoms with van der Waals surface area (Å²) in [6, 6.07) is 1.84. The van der Waals surface area contributed by atoms with E-state index in [1.807, 2.05) is 0 Å². The van der Waals surface area contributed by atoms with Gasteiger partial charge in [-0.1, -0.05) is 19.3 Å². The molecule has 0 aromatic carbocycles. The van der Waals surface area contributed by atoms with Crippen LogP contribution in [0.15, 0.2) is 16.7 Å². The molecule has 0 aliphatic heterocycles. The van der Waals surface area contributed by atoms with Crippen molar-refractivity contribution in [2.45, 2.75) is 51.2 Å². The van der Waals surface area contributed by atoms with E-state index >= 15 is 0 Å². The Labute approximate surface area is 126 Å². The molecular weight excluding hydrogens is 324 g/mol. The van der Waals surface area contributed by atoms with Gasteiger partial charge in [0.25, 0.3) is 5.91 Å². The van der Waals surface area contributed by atoms with E-state index in [-0.39, 0.29) is 11.9 Å². The van der Waals surface area contributed by atoms with E-state index in [9.17, 15) is 9.59 Å². The van der Waals surface area contributed by atoms with Crippen LogP contribution in [0.3, 0.4) is 0 Å². The third-order valence-electron chi connectivity index (χ3n) is 3.47. The molecule has 1 aliphatic carbocycles. The van der Waals surface area contributed by atoms with E-state index < -0.39 is 12.1 Å². The second-order valence-electron chi connectivity index (χ2n) is 5.12. The quantitative estimate of drug-likeness (QED) is 0.826. The summed E-state index contributed by atoms with van der Waals surface area (Å²) in [5, 5.41) is 2.95. The molecule has 1 amide bonds. The van der Waals surface area contributed by atoms with Crippen LogP contribution >= 0.6 is 15.9 Å². The predicted octanol–water partition coefficient (Wildman–Crippen LogP) is 2.77. The van der Waals surface area contributed by atoms with Crippen LogP contribution in [0.5, 0.6) is 0 Å². The molecule has 1 heterocycles. The van der Waals surface area contributed by atoms with E-state index in [1.54, 1.807) is 19.2 Å². The molecule has 1 saturated carbocycles. The topological polar surface area (TPSA) is 71.2 Å². The lowest BCUT2D eigenvalue weighted by molar-refractivity contribution is -0.130. The van der Waals surface area contributed by atoms with Crippen molar-refractivity contribution in [1.29, 1.82) is 0 Å². The molecule has 1 atom stereocenters. The standard InChI is InChI=1S/C14H19BrN2O3/c1-9(13(18)17-11-5-3-2-4-6-11)20-14(19)12-7-10(15)8-16-12/h7-9,11,16H,2-6H2,1H3,(H,17,18). The highest BCUT2D eigenvalue weighted by Crippen LogP contribution is 2.17. The number of nitrogens with one attached hydrogen (secondary N) is 2. The lowest BCUT2D eigenvalue weighted by atomic mass is 9.95. The van der Waals surface area contributed by atoms with Crippen LogP contribution in [0.2, 0.25) is 0 Å². The molecule has 5 nitrogen and oxygen atoms in total. The predicted molar refractivity (Wildman–Crippen MR) is 78.4 cm³/mol. The zero-order valence-electron chi connectivity index (χ0n) is 11.4. The van der Waals surface area contributed by atoms with Gasteiger partial charge in [0, 0.05) is 16.7 Å². The lowest BCUT2D eigenvalue weighted by Gasteiger charge is -2.24. The summed E-state index contributed by atoms with van der Waals surface area (Å²) in [6.07, 6.45) is 6.41. The van der Waals surface area contributed by atoms with Crippen LogP contribution in [0.4, 0.5) is 0 Å². The largest absolute Gasteiger partial charge is 0.448 e. The first kappa shape index (κ1) is 15.1. The van der Waals surface area contributed by atoms with Crippen molar-refractivity contribution in [2.24, 2.45) is 0 Å². The number of esters is 1. The first-order chi connectivity index (χ1) is 9.56. The van der Waals surface area contributed by atoms with Gasteiger partial charge in [-0.25, -0.2) is 4.79 Å². The average Bonchev–Trinajstić information content (AvgIpc) is 2.86. The molecule has 20 heavy (non-hydrogen) atoms. The molecule has 1 fully saturated rings. The lowest BCUT2D eigenvalue weighted by Crippen LogP contribution is -2.42. The number of aromatic nitrogens is 1. The van der Waals surface area contributed by atoms with Crippen LogP contribution < -0.4 is 5.32 Å². The zero-order valence-corrected chi connectivity index (χ0v) is 13.0. The Kier molecular flexibility index (Phi) is 5.23. The molecule has 1 aromatic heterocycles. The third kappa shape index (κ3) is 4.10. The second kappa shape index (κ2) is 6.92. The molecule has 0 bridgehead atoms. The molecule has 1 unspecified atom stereocenters. The first-order valence-corrected chi connectivity index (χ1v) is 7.71. The van der Waals surface area contributed by atoms with Crippen LogP contribution in [0.1, 0.15) is 49.5 Å². The number of aromatic amines is 1. The maximum Gasteiger partial charge on any atom is 0.355 e. The molecule has 2 rings (SSSR count). The average molecular weight is 343 g/mol. The number of carbonyl (C=O) groups excluding carboxylic acids is 2. The highest BCUT2D eigenvalue weighted by Gasteiger charge is 2.23. The molecule has 6 heteroatoms. The van der Waals surface area contributed by atoms with E-state index in [0.29, 0.717) is 5.69 Å². The number of H-pyrrole nitrogens is 1. The van der Waals surface area contributed by atoms with E-state index in [0.717, 1.165) is 30.2 Å². The number of halogens is 1. The summed E-state index contributed by atoms with van der Waals surface area (Å²) < 4.78 is 5.92. The van der Waals surface area contributed by atoms with Crippen molar-refractivity contribution in [3.05, 3.63) is 22.4 Å². The van der Waals surface area contributed by atoms with Gasteiger partial charge in [-0.05, 0) is 41.8 Å². The van der Waals surface area contributed by atoms with E-state index in [2.05, 4.69) is 26.2 Å². The van der Waals surface area contributed by atoms with Crippen molar-refractivity contribution in [3.63, 3.8) is 0 Å². The van der Waals surface area contributed by atoms with Crippen molar-refractivity contribution in [2.75, 3.05) is 0 Å². The first-order valence-electron chi connectivity index (χ1n) is 6.91. The van der Waals surface area contributed by atoms with E-state index in [4.69, 9.17) is 4.74 Å². The van der Waals surface area contributed by atoms with Crippen LogP contribution in [0, 0.1) is 0 Å². The highest BCUT2D eigenvalue weighted by atomic mass is 79.9. The van der Waals surface area contributed by atoms with Gasteiger partial charge in [-0.3, -0.25) is 4.79 Å². The Bertz CT molecular complexity index is 481. The summed E-state index contributed by atoms with van der Waals surface area (Å²) in [4.78, 5) is 26.6. The Hall–Kier alpha value is -1.30.